The van der Waals surface area contributed by atoms with Gasteiger partial charge in [0.2, 0.25) is 11.7 Å². The summed E-state index contributed by atoms with van der Waals surface area (Å²) in [5, 5.41) is 7.68. The first-order chi connectivity index (χ1) is 11.8. The molecule has 2 aliphatic heterocycles. The van der Waals surface area contributed by atoms with Crippen LogP contribution in [0.5, 0.6) is 0 Å². The third kappa shape index (κ3) is 3.36. The molecule has 1 N–H and O–H groups in total. The van der Waals surface area contributed by atoms with Gasteiger partial charge in [0.25, 0.3) is 0 Å². The molecule has 4 heterocycles. The van der Waals surface area contributed by atoms with Gasteiger partial charge in [-0.05, 0) is 56.2 Å². The number of aromatic nitrogens is 3. The van der Waals surface area contributed by atoms with Crippen LogP contribution in [0.2, 0.25) is 0 Å². The highest BCUT2D eigenvalue weighted by atomic mass is 35.5. The summed E-state index contributed by atoms with van der Waals surface area (Å²) in [5.41, 5.74) is 4.65. The Labute approximate surface area is 166 Å². The van der Waals surface area contributed by atoms with Crippen LogP contribution in [0.1, 0.15) is 42.0 Å². The summed E-state index contributed by atoms with van der Waals surface area (Å²) in [6.45, 7) is 5.88. The normalized spacial score (nSPS) is 24.0. The summed E-state index contributed by atoms with van der Waals surface area (Å²) in [6, 6.07) is 0.726. The second-order valence-electron chi connectivity index (χ2n) is 7.42. The van der Waals surface area contributed by atoms with Gasteiger partial charge < -0.3 is 9.84 Å². The molecule has 6 nitrogen and oxygen atoms in total. The largest absolute Gasteiger partial charge is 0.338 e. The second-order valence-corrected chi connectivity index (χ2v) is 7.42. The van der Waals surface area contributed by atoms with Crippen molar-refractivity contribution < 1.29 is 4.52 Å². The summed E-state index contributed by atoms with van der Waals surface area (Å²) in [7, 11) is 0. The van der Waals surface area contributed by atoms with Crippen molar-refractivity contribution in [3.05, 3.63) is 28.9 Å². The first-order valence-electron chi connectivity index (χ1n) is 9.03. The van der Waals surface area contributed by atoms with Crippen LogP contribution in [0.25, 0.3) is 11.4 Å². The monoisotopic (exact) mass is 397 g/mol. The molecule has 0 unspecified atom stereocenters. The van der Waals surface area contributed by atoms with E-state index >= 15 is 0 Å². The molecular formula is C18H25Cl2N5O. The number of halogens is 2. The summed E-state index contributed by atoms with van der Waals surface area (Å²) in [5.74, 6) is 2.33. The minimum absolute atomic E-state index is 0. The summed E-state index contributed by atoms with van der Waals surface area (Å²) >= 11 is 0. The topological polar surface area (TPSA) is 67.1 Å². The lowest BCUT2D eigenvalue weighted by Gasteiger charge is -2.24. The number of aryl methyl sites for hydroxylation is 1. The van der Waals surface area contributed by atoms with E-state index in [2.05, 4.69) is 20.4 Å². The molecule has 1 aliphatic carbocycles. The summed E-state index contributed by atoms with van der Waals surface area (Å²) in [6.07, 6.45) is 7.04. The van der Waals surface area contributed by atoms with E-state index in [1.807, 2.05) is 13.1 Å². The highest BCUT2D eigenvalue weighted by Crippen LogP contribution is 2.38. The average Bonchev–Trinajstić information content (AvgIpc) is 3.32. The van der Waals surface area contributed by atoms with Crippen molar-refractivity contribution >= 4 is 24.8 Å². The minimum atomic E-state index is 0. The smallest absolute Gasteiger partial charge is 0.241 e. The van der Waals surface area contributed by atoms with Gasteiger partial charge in [-0.2, -0.15) is 4.98 Å². The van der Waals surface area contributed by atoms with Gasteiger partial charge in [-0.3, -0.25) is 9.88 Å². The zero-order valence-corrected chi connectivity index (χ0v) is 16.5. The Hall–Kier alpha value is -1.21. The van der Waals surface area contributed by atoms with Crippen molar-refractivity contribution in [3.8, 4) is 11.4 Å². The SMILES string of the molecule is Cc1ncc2c(c1-c1noc(CN3C[C@@H]4CC[C@@H]3C4)n1)CCNC2.Cl.Cl. The Bertz CT molecular complexity index is 781. The van der Waals surface area contributed by atoms with Gasteiger partial charge in [0, 0.05) is 36.6 Å². The highest BCUT2D eigenvalue weighted by molar-refractivity contribution is 5.85. The Morgan fingerprint density at radius 3 is 2.96 bits per heavy atom. The van der Waals surface area contributed by atoms with E-state index in [1.54, 1.807) is 0 Å². The van der Waals surface area contributed by atoms with Gasteiger partial charge in [-0.25, -0.2) is 0 Å². The Morgan fingerprint density at radius 1 is 1.31 bits per heavy atom. The number of piperidine rings is 1. The van der Waals surface area contributed by atoms with Crippen molar-refractivity contribution in [3.63, 3.8) is 0 Å². The van der Waals surface area contributed by atoms with Gasteiger partial charge >= 0.3 is 0 Å². The predicted octanol–water partition coefficient (Wildman–Crippen LogP) is 2.91. The molecule has 2 bridgehead atoms. The molecule has 5 rings (SSSR count). The lowest BCUT2D eigenvalue weighted by molar-refractivity contribution is 0.180. The molecule has 2 atom stereocenters. The average molecular weight is 398 g/mol. The number of pyridine rings is 1. The zero-order valence-electron chi connectivity index (χ0n) is 14.9. The molecule has 1 saturated carbocycles. The molecular weight excluding hydrogens is 373 g/mol. The fourth-order valence-electron chi connectivity index (χ4n) is 4.68. The van der Waals surface area contributed by atoms with Gasteiger partial charge in [-0.1, -0.05) is 5.16 Å². The van der Waals surface area contributed by atoms with Crippen LogP contribution in [0.3, 0.4) is 0 Å². The minimum Gasteiger partial charge on any atom is -0.338 e. The van der Waals surface area contributed by atoms with Crippen molar-refractivity contribution in [2.45, 2.75) is 51.7 Å². The maximum atomic E-state index is 5.59. The maximum Gasteiger partial charge on any atom is 0.241 e. The van der Waals surface area contributed by atoms with Crippen molar-refractivity contribution in [1.29, 1.82) is 0 Å². The van der Waals surface area contributed by atoms with Crippen LogP contribution in [0.4, 0.5) is 0 Å². The summed E-state index contributed by atoms with van der Waals surface area (Å²) in [4.78, 5) is 11.8. The van der Waals surface area contributed by atoms with Gasteiger partial charge in [0.05, 0.1) is 6.54 Å². The van der Waals surface area contributed by atoms with Crippen molar-refractivity contribution in [2.75, 3.05) is 13.1 Å². The molecule has 0 radical (unpaired) electrons. The molecule has 0 amide bonds. The molecule has 2 fully saturated rings. The molecule has 1 saturated heterocycles. The number of hydrogen-bond acceptors (Lipinski definition) is 6. The van der Waals surface area contributed by atoms with E-state index in [9.17, 15) is 0 Å². The number of fused-ring (bicyclic) bond motifs is 3. The molecule has 3 aliphatic rings. The first kappa shape index (κ1) is 19.5. The molecule has 26 heavy (non-hydrogen) atoms. The molecule has 8 heteroatoms. The van der Waals surface area contributed by atoms with E-state index in [4.69, 9.17) is 9.51 Å². The second kappa shape index (κ2) is 7.80. The lowest BCUT2D eigenvalue weighted by Crippen LogP contribution is -2.31. The summed E-state index contributed by atoms with van der Waals surface area (Å²) < 4.78 is 5.59. The van der Waals surface area contributed by atoms with Crippen LogP contribution in [-0.4, -0.2) is 39.2 Å². The van der Waals surface area contributed by atoms with E-state index in [0.29, 0.717) is 5.82 Å². The quantitative estimate of drug-likeness (QED) is 0.858. The van der Waals surface area contributed by atoms with E-state index in [-0.39, 0.29) is 24.8 Å². The third-order valence-corrected chi connectivity index (χ3v) is 5.89. The van der Waals surface area contributed by atoms with Crippen molar-refractivity contribution in [1.82, 2.24) is 25.3 Å². The number of likely N-dealkylation sites (tertiary alicyclic amines) is 1. The van der Waals surface area contributed by atoms with Gasteiger partial charge in [-0.15, -0.1) is 24.8 Å². The molecule has 142 valence electrons. The number of hydrogen-bond donors (Lipinski definition) is 1. The van der Waals surface area contributed by atoms with E-state index in [1.165, 1.54) is 36.9 Å². The number of rotatable bonds is 3. The molecule has 2 aromatic rings. The van der Waals surface area contributed by atoms with E-state index in [0.717, 1.165) is 55.2 Å². The van der Waals surface area contributed by atoms with Crippen LogP contribution < -0.4 is 5.32 Å². The number of nitrogens with one attached hydrogen (secondary N) is 1. The fraction of sp³-hybridized carbons (Fsp3) is 0.611. The van der Waals surface area contributed by atoms with Crippen LogP contribution in [0, 0.1) is 12.8 Å². The third-order valence-electron chi connectivity index (χ3n) is 5.89. The molecule has 0 aromatic carbocycles. The highest BCUT2D eigenvalue weighted by Gasteiger charge is 2.38. The number of nitrogens with zero attached hydrogens (tertiary/aromatic N) is 4. The lowest BCUT2D eigenvalue weighted by atomic mass is 9.95. The fourth-order valence-corrected chi connectivity index (χ4v) is 4.68. The molecule has 2 aromatic heterocycles. The Kier molecular flexibility index (Phi) is 5.87. The standard InChI is InChI=1S/C18H23N5O.2ClH/c1-11-17(15-4-5-19-7-13(15)8-20-11)18-21-16(24-22-18)10-23-9-12-2-3-14(23)6-12;;/h8,12,14,19H,2-7,9-10H2,1H3;2*1H/t12-,14-;;/m1../s1. The van der Waals surface area contributed by atoms with Gasteiger partial charge in [0.15, 0.2) is 0 Å². The zero-order chi connectivity index (χ0) is 16.1. The van der Waals surface area contributed by atoms with Crippen LogP contribution in [-0.2, 0) is 19.5 Å². The Balaban J connectivity index is 0.000000980. The van der Waals surface area contributed by atoms with Gasteiger partial charge in [0.1, 0.15) is 0 Å². The van der Waals surface area contributed by atoms with E-state index < -0.39 is 0 Å². The first-order valence-corrected chi connectivity index (χ1v) is 9.03. The molecule has 0 spiro atoms. The Morgan fingerprint density at radius 2 is 2.19 bits per heavy atom. The van der Waals surface area contributed by atoms with Crippen LogP contribution in [0.15, 0.2) is 10.7 Å². The predicted molar refractivity (Wildman–Crippen MR) is 104 cm³/mol. The van der Waals surface area contributed by atoms with Crippen LogP contribution >= 0.6 is 24.8 Å². The van der Waals surface area contributed by atoms with Crippen molar-refractivity contribution in [2.24, 2.45) is 5.92 Å². The maximum absolute atomic E-state index is 5.59.